The van der Waals surface area contributed by atoms with E-state index in [2.05, 4.69) is 58.3 Å². The second-order valence-corrected chi connectivity index (χ2v) is 7.16. The van der Waals surface area contributed by atoms with Crippen molar-refractivity contribution in [3.63, 3.8) is 0 Å². The highest BCUT2D eigenvalue weighted by Gasteiger charge is 2.32. The predicted molar refractivity (Wildman–Crippen MR) is 107 cm³/mol. The quantitative estimate of drug-likeness (QED) is 0.614. The van der Waals surface area contributed by atoms with Gasteiger partial charge in [-0.15, -0.1) is 0 Å². The normalized spacial score (nSPS) is 16.5. The Kier molecular flexibility index (Phi) is 5.61. The molecule has 0 aliphatic carbocycles. The van der Waals surface area contributed by atoms with Gasteiger partial charge in [-0.1, -0.05) is 78.9 Å². The number of rotatable bonds is 5. The molecular formula is C24H25FN2. The summed E-state index contributed by atoms with van der Waals surface area (Å²) in [6, 6.07) is 28.2. The maximum Gasteiger partial charge on any atom is 0.129 e. The van der Waals surface area contributed by atoms with Crippen molar-refractivity contribution in [3.05, 3.63) is 107 Å². The minimum atomic E-state index is -0.125. The summed E-state index contributed by atoms with van der Waals surface area (Å²) in [5, 5.41) is 0. The van der Waals surface area contributed by atoms with E-state index in [4.69, 9.17) is 0 Å². The van der Waals surface area contributed by atoms with E-state index in [-0.39, 0.29) is 12.0 Å². The van der Waals surface area contributed by atoms with E-state index in [1.807, 2.05) is 24.3 Å². The summed E-state index contributed by atoms with van der Waals surface area (Å²) in [5.41, 5.74) is 3.30. The lowest BCUT2D eigenvalue weighted by Gasteiger charge is -2.44. The van der Waals surface area contributed by atoms with Gasteiger partial charge >= 0.3 is 0 Å². The fourth-order valence-electron chi connectivity index (χ4n) is 4.00. The molecule has 0 aromatic heterocycles. The van der Waals surface area contributed by atoms with Crippen LogP contribution in [-0.4, -0.2) is 22.9 Å². The Bertz CT molecular complexity index is 801. The average Bonchev–Trinajstić information content (AvgIpc) is 2.71. The summed E-state index contributed by atoms with van der Waals surface area (Å²) in [4.78, 5) is 4.81. The molecule has 3 heteroatoms. The van der Waals surface area contributed by atoms with Gasteiger partial charge in [-0.2, -0.15) is 0 Å². The van der Waals surface area contributed by atoms with Gasteiger partial charge in [-0.3, -0.25) is 9.80 Å². The van der Waals surface area contributed by atoms with Crippen LogP contribution in [0.3, 0.4) is 0 Å². The first kappa shape index (κ1) is 17.9. The van der Waals surface area contributed by atoms with Gasteiger partial charge in [0, 0.05) is 31.7 Å². The maximum atomic E-state index is 14.7. The third-order valence-corrected chi connectivity index (χ3v) is 5.22. The van der Waals surface area contributed by atoms with Crippen LogP contribution in [0.5, 0.6) is 0 Å². The van der Waals surface area contributed by atoms with Crippen molar-refractivity contribution in [2.24, 2.45) is 0 Å². The summed E-state index contributed by atoms with van der Waals surface area (Å²) in [6.45, 7) is 3.59. The van der Waals surface area contributed by atoms with Gasteiger partial charge in [0.15, 0.2) is 0 Å². The van der Waals surface area contributed by atoms with Crippen molar-refractivity contribution < 1.29 is 4.39 Å². The molecule has 0 radical (unpaired) electrons. The van der Waals surface area contributed by atoms with E-state index >= 15 is 0 Å². The van der Waals surface area contributed by atoms with Gasteiger partial charge in [0.1, 0.15) is 5.82 Å². The number of halogens is 1. The first-order valence-corrected chi connectivity index (χ1v) is 9.61. The molecule has 2 nitrogen and oxygen atoms in total. The summed E-state index contributed by atoms with van der Waals surface area (Å²) in [5.74, 6) is -0.125. The summed E-state index contributed by atoms with van der Waals surface area (Å²) < 4.78 is 14.7. The molecule has 0 bridgehead atoms. The molecule has 0 saturated carbocycles. The second kappa shape index (κ2) is 8.47. The van der Waals surface area contributed by atoms with E-state index < -0.39 is 0 Å². The van der Waals surface area contributed by atoms with Crippen molar-refractivity contribution in [1.82, 2.24) is 9.80 Å². The van der Waals surface area contributed by atoms with Crippen molar-refractivity contribution in [1.29, 1.82) is 0 Å². The standard InChI is InChI=1S/C24H25FN2/c25-23-15-8-7-14-22(23)24-26(18-20-10-3-1-4-11-20)16-9-17-27(24)19-21-12-5-2-6-13-21/h1-8,10-15,24H,9,16-19H2. The Morgan fingerprint density at radius 1 is 0.667 bits per heavy atom. The molecular weight excluding hydrogens is 335 g/mol. The molecule has 0 unspecified atom stereocenters. The molecule has 1 aliphatic heterocycles. The zero-order valence-electron chi connectivity index (χ0n) is 15.5. The van der Waals surface area contributed by atoms with Gasteiger partial charge < -0.3 is 0 Å². The highest BCUT2D eigenvalue weighted by atomic mass is 19.1. The second-order valence-electron chi connectivity index (χ2n) is 7.16. The van der Waals surface area contributed by atoms with Crippen molar-refractivity contribution >= 4 is 0 Å². The van der Waals surface area contributed by atoms with E-state index in [1.165, 1.54) is 11.1 Å². The Labute approximate surface area is 160 Å². The van der Waals surface area contributed by atoms with Crippen LogP contribution >= 0.6 is 0 Å². The Morgan fingerprint density at radius 2 is 1.15 bits per heavy atom. The van der Waals surface area contributed by atoms with E-state index in [0.29, 0.717) is 0 Å². The monoisotopic (exact) mass is 360 g/mol. The third-order valence-electron chi connectivity index (χ3n) is 5.22. The summed E-state index contributed by atoms with van der Waals surface area (Å²) in [6.07, 6.45) is 1.03. The van der Waals surface area contributed by atoms with E-state index in [0.717, 1.165) is 38.2 Å². The van der Waals surface area contributed by atoms with Gasteiger partial charge in [-0.05, 0) is 23.6 Å². The van der Waals surface area contributed by atoms with Gasteiger partial charge in [0.25, 0.3) is 0 Å². The number of nitrogens with zero attached hydrogens (tertiary/aromatic N) is 2. The van der Waals surface area contributed by atoms with Crippen LogP contribution in [0, 0.1) is 5.82 Å². The fraction of sp³-hybridized carbons (Fsp3) is 0.250. The van der Waals surface area contributed by atoms with E-state index in [9.17, 15) is 4.39 Å². The smallest absolute Gasteiger partial charge is 0.129 e. The molecule has 1 saturated heterocycles. The molecule has 4 rings (SSSR count). The third kappa shape index (κ3) is 4.26. The number of hydrogen-bond acceptors (Lipinski definition) is 2. The van der Waals surface area contributed by atoms with Crippen molar-refractivity contribution in [2.75, 3.05) is 13.1 Å². The highest BCUT2D eigenvalue weighted by Crippen LogP contribution is 2.33. The molecule has 1 fully saturated rings. The topological polar surface area (TPSA) is 6.48 Å². The van der Waals surface area contributed by atoms with Crippen LogP contribution in [0.2, 0.25) is 0 Å². The zero-order chi connectivity index (χ0) is 18.5. The largest absolute Gasteiger partial charge is 0.280 e. The average molecular weight is 360 g/mol. The molecule has 27 heavy (non-hydrogen) atoms. The summed E-state index contributed by atoms with van der Waals surface area (Å²) >= 11 is 0. The minimum Gasteiger partial charge on any atom is -0.280 e. The number of hydrogen-bond donors (Lipinski definition) is 0. The Hall–Kier alpha value is -2.49. The molecule has 0 atom stereocenters. The Morgan fingerprint density at radius 3 is 1.67 bits per heavy atom. The molecule has 138 valence electrons. The maximum absolute atomic E-state index is 14.7. The molecule has 0 N–H and O–H groups in total. The number of benzene rings is 3. The lowest BCUT2D eigenvalue weighted by molar-refractivity contribution is -0.0111. The highest BCUT2D eigenvalue weighted by molar-refractivity contribution is 5.24. The van der Waals surface area contributed by atoms with Gasteiger partial charge in [0.2, 0.25) is 0 Å². The lowest BCUT2D eigenvalue weighted by Crippen LogP contribution is -2.47. The predicted octanol–water partition coefficient (Wildman–Crippen LogP) is 5.23. The molecule has 0 spiro atoms. The van der Waals surface area contributed by atoms with Crippen molar-refractivity contribution in [2.45, 2.75) is 25.7 Å². The van der Waals surface area contributed by atoms with Crippen LogP contribution in [0.25, 0.3) is 0 Å². The van der Waals surface area contributed by atoms with Gasteiger partial charge in [-0.25, -0.2) is 4.39 Å². The first-order chi connectivity index (χ1) is 13.3. The Balaban J connectivity index is 1.66. The molecule has 1 heterocycles. The van der Waals surface area contributed by atoms with Crippen LogP contribution in [-0.2, 0) is 13.1 Å². The molecule has 3 aromatic carbocycles. The zero-order valence-corrected chi connectivity index (χ0v) is 15.5. The molecule has 1 aliphatic rings. The van der Waals surface area contributed by atoms with Crippen molar-refractivity contribution in [3.8, 4) is 0 Å². The SMILES string of the molecule is Fc1ccccc1C1N(Cc2ccccc2)CCCN1Cc1ccccc1. The molecule has 0 amide bonds. The lowest BCUT2D eigenvalue weighted by atomic mass is 10.0. The van der Waals surface area contributed by atoms with Crippen LogP contribution in [0.15, 0.2) is 84.9 Å². The minimum absolute atomic E-state index is 0.0552. The fourth-order valence-corrected chi connectivity index (χ4v) is 4.00. The van der Waals surface area contributed by atoms with Crippen LogP contribution in [0.4, 0.5) is 4.39 Å². The summed E-state index contributed by atoms with van der Waals surface area (Å²) in [7, 11) is 0. The van der Waals surface area contributed by atoms with Crippen LogP contribution in [0.1, 0.15) is 29.3 Å². The molecule has 3 aromatic rings. The van der Waals surface area contributed by atoms with E-state index in [1.54, 1.807) is 12.1 Å². The van der Waals surface area contributed by atoms with Crippen LogP contribution < -0.4 is 0 Å². The van der Waals surface area contributed by atoms with Gasteiger partial charge in [0.05, 0.1) is 6.17 Å². The first-order valence-electron chi connectivity index (χ1n) is 9.61.